The topological polar surface area (TPSA) is 57.6 Å². The molecule has 1 aliphatic rings. The minimum Gasteiger partial charge on any atom is -0.392 e. The molecular weight excluding hydrogens is 286 g/mol. The van der Waals surface area contributed by atoms with Crippen LogP contribution in [0.1, 0.15) is 18.4 Å². The maximum absolute atomic E-state index is 12.1. The molecule has 1 aromatic carbocycles. The van der Waals surface area contributed by atoms with Crippen LogP contribution < -0.4 is 0 Å². The molecule has 104 valence electrons. The van der Waals surface area contributed by atoms with Crippen LogP contribution in [0.25, 0.3) is 6.08 Å². The number of hydrogen-bond acceptors (Lipinski definition) is 3. The van der Waals surface area contributed by atoms with Gasteiger partial charge in [0.2, 0.25) is 10.0 Å². The molecule has 6 heteroatoms. The number of β-amino-alcohol motifs (C(OH)–C–C–N with tert-alkyl or cyclic N) is 1. The molecule has 1 heterocycles. The van der Waals surface area contributed by atoms with E-state index in [1.54, 1.807) is 24.3 Å². The highest BCUT2D eigenvalue weighted by Crippen LogP contribution is 2.16. The summed E-state index contributed by atoms with van der Waals surface area (Å²) in [5, 5.41) is 11.3. The van der Waals surface area contributed by atoms with Crippen LogP contribution in [0.3, 0.4) is 0 Å². The molecule has 0 radical (unpaired) electrons. The van der Waals surface area contributed by atoms with E-state index in [4.69, 9.17) is 11.6 Å². The Morgan fingerprint density at radius 3 is 2.63 bits per heavy atom. The first-order chi connectivity index (χ1) is 8.97. The van der Waals surface area contributed by atoms with E-state index in [0.29, 0.717) is 24.4 Å². The fourth-order valence-electron chi connectivity index (χ4n) is 1.98. The van der Waals surface area contributed by atoms with Crippen molar-refractivity contribution in [3.8, 4) is 0 Å². The Bertz CT molecular complexity index is 554. The lowest BCUT2D eigenvalue weighted by atomic mass is 10.1. The molecule has 0 aromatic heterocycles. The van der Waals surface area contributed by atoms with Crippen molar-refractivity contribution in [3.63, 3.8) is 0 Å². The highest BCUT2D eigenvalue weighted by molar-refractivity contribution is 7.92. The van der Waals surface area contributed by atoms with Crippen molar-refractivity contribution in [1.82, 2.24) is 4.31 Å². The van der Waals surface area contributed by atoms with E-state index in [1.807, 2.05) is 0 Å². The second kappa shape index (κ2) is 6.05. The van der Waals surface area contributed by atoms with Gasteiger partial charge in [-0.1, -0.05) is 23.7 Å². The van der Waals surface area contributed by atoms with Crippen LogP contribution in [0.5, 0.6) is 0 Å². The van der Waals surface area contributed by atoms with Gasteiger partial charge in [0, 0.05) is 23.5 Å². The minimum atomic E-state index is -3.46. The third-order valence-electron chi connectivity index (χ3n) is 3.02. The first kappa shape index (κ1) is 14.5. The molecule has 1 aliphatic heterocycles. The van der Waals surface area contributed by atoms with Crippen molar-refractivity contribution >= 4 is 27.7 Å². The number of nitrogens with zero attached hydrogens (tertiary/aromatic N) is 1. The Labute approximate surface area is 118 Å². The Balaban J connectivity index is 2.10. The van der Waals surface area contributed by atoms with Crippen molar-refractivity contribution in [2.24, 2.45) is 0 Å². The van der Waals surface area contributed by atoms with E-state index in [1.165, 1.54) is 15.8 Å². The van der Waals surface area contributed by atoms with E-state index in [0.717, 1.165) is 5.56 Å². The standard InChI is InChI=1S/C13H16ClNO3S/c14-12-5-3-11(4-6-12)7-9-19(17,18)15-8-1-2-13(16)10-15/h3-7,9,13,16H,1-2,8,10H2/b9-7+/t13-/m0/s1. The van der Waals surface area contributed by atoms with Crippen LogP contribution in [-0.4, -0.2) is 37.0 Å². The molecule has 1 fully saturated rings. The average molecular weight is 302 g/mol. The molecule has 19 heavy (non-hydrogen) atoms. The van der Waals surface area contributed by atoms with Crippen molar-refractivity contribution in [1.29, 1.82) is 0 Å². The molecule has 1 aromatic rings. The van der Waals surface area contributed by atoms with E-state index in [2.05, 4.69) is 0 Å². The van der Waals surface area contributed by atoms with Gasteiger partial charge in [0.05, 0.1) is 6.10 Å². The van der Waals surface area contributed by atoms with Gasteiger partial charge in [-0.15, -0.1) is 0 Å². The number of aliphatic hydroxyl groups excluding tert-OH is 1. The van der Waals surface area contributed by atoms with Crippen LogP contribution in [0.2, 0.25) is 5.02 Å². The Kier molecular flexibility index (Phi) is 4.62. The summed E-state index contributed by atoms with van der Waals surface area (Å²) in [7, 11) is -3.46. The number of piperidine rings is 1. The van der Waals surface area contributed by atoms with Crippen molar-refractivity contribution in [2.45, 2.75) is 18.9 Å². The second-order valence-corrected chi connectivity index (χ2v) is 6.81. The smallest absolute Gasteiger partial charge is 0.236 e. The zero-order valence-corrected chi connectivity index (χ0v) is 11.9. The summed E-state index contributed by atoms with van der Waals surface area (Å²) in [4.78, 5) is 0. The SMILES string of the molecule is O=S(=O)(/C=C/c1ccc(Cl)cc1)N1CCC[C@H](O)C1. The zero-order valence-electron chi connectivity index (χ0n) is 10.4. The van der Waals surface area contributed by atoms with E-state index >= 15 is 0 Å². The van der Waals surface area contributed by atoms with Crippen LogP contribution in [-0.2, 0) is 10.0 Å². The Hall–Kier alpha value is -0.880. The third-order valence-corrected chi connectivity index (χ3v) is 4.81. The molecule has 2 rings (SSSR count). The van der Waals surface area contributed by atoms with Crippen molar-refractivity contribution in [3.05, 3.63) is 40.3 Å². The van der Waals surface area contributed by atoms with Crippen LogP contribution in [0.4, 0.5) is 0 Å². The van der Waals surface area contributed by atoms with Gasteiger partial charge in [-0.25, -0.2) is 8.42 Å². The van der Waals surface area contributed by atoms with Gasteiger partial charge >= 0.3 is 0 Å². The number of rotatable bonds is 3. The lowest BCUT2D eigenvalue weighted by Gasteiger charge is -2.27. The number of sulfonamides is 1. The Morgan fingerprint density at radius 2 is 2.00 bits per heavy atom. The molecule has 0 amide bonds. The van der Waals surface area contributed by atoms with Crippen molar-refractivity contribution < 1.29 is 13.5 Å². The molecule has 0 bridgehead atoms. The molecule has 4 nitrogen and oxygen atoms in total. The van der Waals surface area contributed by atoms with Crippen LogP contribution in [0, 0.1) is 0 Å². The summed E-state index contributed by atoms with van der Waals surface area (Å²) in [5.41, 5.74) is 0.769. The van der Waals surface area contributed by atoms with Crippen LogP contribution in [0.15, 0.2) is 29.7 Å². The van der Waals surface area contributed by atoms with E-state index in [9.17, 15) is 13.5 Å². The average Bonchev–Trinajstić information content (AvgIpc) is 2.38. The predicted molar refractivity (Wildman–Crippen MR) is 76.2 cm³/mol. The van der Waals surface area contributed by atoms with E-state index < -0.39 is 16.1 Å². The van der Waals surface area contributed by atoms with Gasteiger partial charge in [-0.2, -0.15) is 4.31 Å². The monoisotopic (exact) mass is 301 g/mol. The number of aliphatic hydroxyl groups is 1. The normalized spacial score (nSPS) is 21.9. The van der Waals surface area contributed by atoms with E-state index in [-0.39, 0.29) is 6.54 Å². The van der Waals surface area contributed by atoms with Gasteiger partial charge in [-0.05, 0) is 36.6 Å². The molecule has 0 aliphatic carbocycles. The number of hydrogen-bond donors (Lipinski definition) is 1. The molecule has 1 atom stereocenters. The molecular formula is C13H16ClNO3S. The molecule has 1 saturated heterocycles. The minimum absolute atomic E-state index is 0.174. The lowest BCUT2D eigenvalue weighted by Crippen LogP contribution is -2.41. The lowest BCUT2D eigenvalue weighted by molar-refractivity contribution is 0.108. The van der Waals surface area contributed by atoms with Gasteiger partial charge in [0.15, 0.2) is 0 Å². The largest absolute Gasteiger partial charge is 0.392 e. The highest BCUT2D eigenvalue weighted by atomic mass is 35.5. The molecule has 0 saturated carbocycles. The van der Waals surface area contributed by atoms with Gasteiger partial charge < -0.3 is 5.11 Å². The molecule has 0 spiro atoms. The third kappa shape index (κ3) is 4.04. The second-order valence-electron chi connectivity index (χ2n) is 4.55. The number of benzene rings is 1. The summed E-state index contributed by atoms with van der Waals surface area (Å²) < 4.78 is 25.5. The summed E-state index contributed by atoms with van der Waals surface area (Å²) in [5.74, 6) is 0. The summed E-state index contributed by atoms with van der Waals surface area (Å²) in [6.45, 7) is 0.637. The summed E-state index contributed by atoms with van der Waals surface area (Å²) in [6, 6.07) is 6.91. The zero-order chi connectivity index (χ0) is 13.9. The fraction of sp³-hybridized carbons (Fsp3) is 0.385. The predicted octanol–water partition coefficient (Wildman–Crippen LogP) is 2.10. The maximum atomic E-state index is 12.1. The summed E-state index contributed by atoms with van der Waals surface area (Å²) >= 11 is 5.76. The summed E-state index contributed by atoms with van der Waals surface area (Å²) in [6.07, 6.45) is 2.32. The van der Waals surface area contributed by atoms with Gasteiger partial charge in [-0.3, -0.25) is 0 Å². The van der Waals surface area contributed by atoms with Crippen LogP contribution >= 0.6 is 11.6 Å². The highest BCUT2D eigenvalue weighted by Gasteiger charge is 2.25. The quantitative estimate of drug-likeness (QED) is 0.930. The maximum Gasteiger partial charge on any atom is 0.236 e. The van der Waals surface area contributed by atoms with Crippen molar-refractivity contribution in [2.75, 3.05) is 13.1 Å². The molecule has 1 N–H and O–H groups in total. The molecule has 0 unspecified atom stereocenters. The van der Waals surface area contributed by atoms with Gasteiger partial charge in [0.1, 0.15) is 0 Å². The first-order valence-electron chi connectivity index (χ1n) is 6.09. The fourth-order valence-corrected chi connectivity index (χ4v) is 3.37. The van der Waals surface area contributed by atoms with Gasteiger partial charge in [0.25, 0.3) is 0 Å². The Morgan fingerprint density at radius 1 is 1.32 bits per heavy atom. The first-order valence-corrected chi connectivity index (χ1v) is 7.97. The number of halogens is 1.